The van der Waals surface area contributed by atoms with Gasteiger partial charge in [0.25, 0.3) is 11.7 Å². The maximum absolute atomic E-state index is 12.6. The average molecular weight is 404 g/mol. The van der Waals surface area contributed by atoms with Gasteiger partial charge in [-0.15, -0.1) is 0 Å². The van der Waals surface area contributed by atoms with Gasteiger partial charge in [-0.3, -0.25) is 4.79 Å². The predicted octanol–water partition coefficient (Wildman–Crippen LogP) is 4.98. The Kier molecular flexibility index (Phi) is 5.99. The lowest BCUT2D eigenvalue weighted by molar-refractivity contribution is -0.123. The van der Waals surface area contributed by atoms with Gasteiger partial charge in [0.15, 0.2) is 6.10 Å². The first-order valence-corrected chi connectivity index (χ1v) is 9.37. The summed E-state index contributed by atoms with van der Waals surface area (Å²) < 4.78 is 30.0. The number of aromatic nitrogens is 1. The summed E-state index contributed by atoms with van der Waals surface area (Å²) >= 11 is 0.423. The fourth-order valence-corrected chi connectivity index (χ4v) is 3.28. The maximum atomic E-state index is 12.6. The van der Waals surface area contributed by atoms with Crippen molar-refractivity contribution in [3.63, 3.8) is 0 Å². The van der Waals surface area contributed by atoms with Gasteiger partial charge in [-0.25, -0.2) is 4.79 Å². The third-order valence-corrected chi connectivity index (χ3v) is 4.82. The third-order valence-electron chi connectivity index (χ3n) is 4.10. The first kappa shape index (κ1) is 19.9. The standard InChI is InChI=1S/C20H18F2N2O3S/c1-11-17(15-5-3-4-6-16(15)23-11)19(26)27-12(2)18(25)24-13-7-9-14(10-8-13)28-20(21)22/h3-10,12,20,23H,1-2H3,(H,24,25). The molecule has 2 aromatic carbocycles. The van der Waals surface area contributed by atoms with Crippen LogP contribution in [0.25, 0.3) is 10.9 Å². The number of nitrogens with one attached hydrogen (secondary N) is 2. The molecule has 3 rings (SSSR count). The van der Waals surface area contributed by atoms with Gasteiger partial charge in [-0.2, -0.15) is 8.78 Å². The molecule has 1 unspecified atom stereocenters. The largest absolute Gasteiger partial charge is 0.449 e. The first-order chi connectivity index (χ1) is 13.3. The fourth-order valence-electron chi connectivity index (χ4n) is 2.78. The second kappa shape index (κ2) is 8.43. The van der Waals surface area contributed by atoms with Crippen LogP contribution < -0.4 is 5.32 Å². The smallest absolute Gasteiger partial charge is 0.341 e. The zero-order valence-corrected chi connectivity index (χ0v) is 16.0. The number of ether oxygens (including phenoxy) is 1. The molecule has 146 valence electrons. The molecular formula is C20H18F2N2O3S. The van der Waals surface area contributed by atoms with Crippen LogP contribution in [0.2, 0.25) is 0 Å². The highest BCUT2D eigenvalue weighted by molar-refractivity contribution is 7.99. The Morgan fingerprint density at radius 3 is 2.46 bits per heavy atom. The monoisotopic (exact) mass is 404 g/mol. The molecule has 0 aliphatic rings. The van der Waals surface area contributed by atoms with Gasteiger partial charge in [0, 0.05) is 27.2 Å². The molecule has 1 atom stereocenters. The number of carbonyl (C=O) groups excluding carboxylic acids is 2. The number of anilines is 1. The van der Waals surface area contributed by atoms with Crippen LogP contribution in [0.4, 0.5) is 14.5 Å². The Hall–Kier alpha value is -2.87. The van der Waals surface area contributed by atoms with Crippen LogP contribution >= 0.6 is 11.8 Å². The molecule has 0 saturated carbocycles. The van der Waals surface area contributed by atoms with Crippen molar-refractivity contribution in [1.29, 1.82) is 0 Å². The Balaban J connectivity index is 1.65. The molecular weight excluding hydrogens is 386 g/mol. The number of benzene rings is 2. The molecule has 1 aromatic heterocycles. The number of hydrogen-bond acceptors (Lipinski definition) is 4. The van der Waals surface area contributed by atoms with Crippen LogP contribution in [-0.2, 0) is 9.53 Å². The van der Waals surface area contributed by atoms with Crippen LogP contribution in [0.1, 0.15) is 23.0 Å². The summed E-state index contributed by atoms with van der Waals surface area (Å²) in [6, 6.07) is 13.3. The minimum atomic E-state index is -2.51. The van der Waals surface area contributed by atoms with Crippen molar-refractivity contribution in [2.75, 3.05) is 5.32 Å². The van der Waals surface area contributed by atoms with Gasteiger partial charge >= 0.3 is 5.97 Å². The number of carbonyl (C=O) groups is 2. The molecule has 0 bridgehead atoms. The van der Waals surface area contributed by atoms with Crippen molar-refractivity contribution in [3.05, 3.63) is 59.8 Å². The highest BCUT2D eigenvalue weighted by Crippen LogP contribution is 2.26. The van der Waals surface area contributed by atoms with Crippen LogP contribution in [0.5, 0.6) is 0 Å². The van der Waals surface area contributed by atoms with E-state index in [1.165, 1.54) is 31.2 Å². The second-order valence-electron chi connectivity index (χ2n) is 6.11. The van der Waals surface area contributed by atoms with Crippen LogP contribution in [-0.4, -0.2) is 28.7 Å². The van der Waals surface area contributed by atoms with E-state index in [1.807, 2.05) is 18.2 Å². The summed E-state index contributed by atoms with van der Waals surface area (Å²) in [6.07, 6.45) is -1.03. The summed E-state index contributed by atoms with van der Waals surface area (Å²) in [5, 5.41) is 3.33. The van der Waals surface area contributed by atoms with E-state index < -0.39 is 23.7 Å². The van der Waals surface area contributed by atoms with E-state index in [1.54, 1.807) is 13.0 Å². The molecule has 8 heteroatoms. The topological polar surface area (TPSA) is 71.2 Å². The fraction of sp³-hybridized carbons (Fsp3) is 0.200. The van der Waals surface area contributed by atoms with E-state index in [4.69, 9.17) is 4.74 Å². The van der Waals surface area contributed by atoms with Gasteiger partial charge in [0.1, 0.15) is 0 Å². The molecule has 0 aliphatic heterocycles. The number of esters is 1. The minimum Gasteiger partial charge on any atom is -0.449 e. The first-order valence-electron chi connectivity index (χ1n) is 8.49. The lowest BCUT2D eigenvalue weighted by atomic mass is 10.1. The summed E-state index contributed by atoms with van der Waals surface area (Å²) in [4.78, 5) is 28.4. The molecule has 0 aliphatic carbocycles. The number of alkyl halides is 2. The molecule has 5 nitrogen and oxygen atoms in total. The SMILES string of the molecule is Cc1[nH]c2ccccc2c1C(=O)OC(C)C(=O)Nc1ccc(SC(F)F)cc1. The molecule has 1 heterocycles. The Morgan fingerprint density at radius 2 is 1.79 bits per heavy atom. The highest BCUT2D eigenvalue weighted by Gasteiger charge is 2.23. The van der Waals surface area contributed by atoms with E-state index in [2.05, 4.69) is 10.3 Å². The summed E-state index contributed by atoms with van der Waals surface area (Å²) in [5.41, 5.74) is 2.29. The average Bonchev–Trinajstić information content (AvgIpc) is 2.98. The van der Waals surface area contributed by atoms with Crippen molar-refractivity contribution < 1.29 is 23.1 Å². The number of para-hydroxylation sites is 1. The summed E-state index contributed by atoms with van der Waals surface area (Å²) in [6.45, 7) is 3.23. The van der Waals surface area contributed by atoms with Crippen LogP contribution in [0.15, 0.2) is 53.4 Å². The third kappa shape index (κ3) is 4.51. The van der Waals surface area contributed by atoms with Gasteiger partial charge in [0.05, 0.1) is 5.56 Å². The number of halogens is 2. The van der Waals surface area contributed by atoms with Crippen molar-refractivity contribution in [1.82, 2.24) is 4.98 Å². The highest BCUT2D eigenvalue weighted by atomic mass is 32.2. The molecule has 0 saturated heterocycles. The maximum Gasteiger partial charge on any atom is 0.341 e. The second-order valence-corrected chi connectivity index (χ2v) is 7.17. The molecule has 0 radical (unpaired) electrons. The van der Waals surface area contributed by atoms with Crippen molar-refractivity contribution in [2.24, 2.45) is 0 Å². The predicted molar refractivity (Wildman–Crippen MR) is 105 cm³/mol. The Bertz CT molecular complexity index is 1000. The number of H-pyrrole nitrogens is 1. The zero-order valence-electron chi connectivity index (χ0n) is 15.2. The molecule has 2 N–H and O–H groups in total. The molecule has 3 aromatic rings. The molecule has 1 amide bonds. The van der Waals surface area contributed by atoms with E-state index in [0.717, 1.165) is 10.9 Å². The number of amides is 1. The Morgan fingerprint density at radius 1 is 1.11 bits per heavy atom. The summed E-state index contributed by atoms with van der Waals surface area (Å²) in [7, 11) is 0. The lowest BCUT2D eigenvalue weighted by Crippen LogP contribution is -2.30. The van der Waals surface area contributed by atoms with E-state index >= 15 is 0 Å². The van der Waals surface area contributed by atoms with Crippen LogP contribution in [0.3, 0.4) is 0 Å². The normalized spacial score (nSPS) is 12.2. The van der Waals surface area contributed by atoms with E-state index in [0.29, 0.717) is 33.6 Å². The van der Waals surface area contributed by atoms with Crippen molar-refractivity contribution >= 4 is 40.2 Å². The van der Waals surface area contributed by atoms with Crippen LogP contribution in [0, 0.1) is 6.92 Å². The number of thioether (sulfide) groups is 1. The Labute approximate surface area is 164 Å². The number of rotatable bonds is 6. The summed E-state index contributed by atoms with van der Waals surface area (Å²) in [5.74, 6) is -3.62. The van der Waals surface area contributed by atoms with E-state index in [9.17, 15) is 18.4 Å². The lowest BCUT2D eigenvalue weighted by Gasteiger charge is -2.14. The van der Waals surface area contributed by atoms with E-state index in [-0.39, 0.29) is 0 Å². The molecule has 0 spiro atoms. The van der Waals surface area contributed by atoms with Gasteiger partial charge in [-0.1, -0.05) is 30.0 Å². The number of hydrogen-bond donors (Lipinski definition) is 2. The minimum absolute atomic E-state index is 0.391. The van der Waals surface area contributed by atoms with Crippen molar-refractivity contribution in [3.8, 4) is 0 Å². The molecule has 0 fully saturated rings. The van der Waals surface area contributed by atoms with Gasteiger partial charge < -0.3 is 15.0 Å². The zero-order chi connectivity index (χ0) is 20.3. The molecule has 28 heavy (non-hydrogen) atoms. The van der Waals surface area contributed by atoms with Gasteiger partial charge in [-0.05, 0) is 44.2 Å². The quantitative estimate of drug-likeness (QED) is 0.449. The van der Waals surface area contributed by atoms with Gasteiger partial charge in [0.2, 0.25) is 0 Å². The number of aryl methyl sites for hydroxylation is 1. The number of aromatic amines is 1. The number of fused-ring (bicyclic) bond motifs is 1. The van der Waals surface area contributed by atoms with Crippen molar-refractivity contribution in [2.45, 2.75) is 30.6 Å².